The summed E-state index contributed by atoms with van der Waals surface area (Å²) in [4.78, 5) is 11.8. The second kappa shape index (κ2) is 6.11. The number of carbonyl (C=O) groups excluding carboxylic acids is 1. The van der Waals surface area contributed by atoms with Crippen molar-refractivity contribution in [2.75, 3.05) is 13.2 Å². The minimum Gasteiger partial charge on any atom is -0.463 e. The molecule has 1 atom stereocenters. The van der Waals surface area contributed by atoms with E-state index in [4.69, 9.17) is 9.84 Å². The number of hydrogen-bond acceptors (Lipinski definition) is 3. The molecule has 0 saturated carbocycles. The van der Waals surface area contributed by atoms with Gasteiger partial charge in [0.2, 0.25) is 0 Å². The van der Waals surface area contributed by atoms with Crippen LogP contribution in [0.2, 0.25) is 0 Å². The van der Waals surface area contributed by atoms with Crippen LogP contribution in [0.5, 0.6) is 0 Å². The molecule has 0 amide bonds. The van der Waals surface area contributed by atoms with E-state index in [2.05, 4.69) is 13.8 Å². The summed E-state index contributed by atoms with van der Waals surface area (Å²) >= 11 is 0. The zero-order valence-corrected chi connectivity index (χ0v) is 10.5. The van der Waals surface area contributed by atoms with Gasteiger partial charge in [-0.3, -0.25) is 4.79 Å². The molecule has 0 aliphatic rings. The van der Waals surface area contributed by atoms with Crippen molar-refractivity contribution in [1.29, 1.82) is 0 Å². The van der Waals surface area contributed by atoms with Crippen LogP contribution in [0, 0.1) is 17.3 Å². The second-order valence-electron chi connectivity index (χ2n) is 5.44. The van der Waals surface area contributed by atoms with Crippen molar-refractivity contribution in [2.45, 2.75) is 41.0 Å². The second-order valence-corrected chi connectivity index (χ2v) is 5.44. The van der Waals surface area contributed by atoms with Gasteiger partial charge in [-0.1, -0.05) is 34.6 Å². The highest BCUT2D eigenvalue weighted by Gasteiger charge is 2.32. The lowest BCUT2D eigenvalue weighted by atomic mass is 9.76. The van der Waals surface area contributed by atoms with E-state index in [1.807, 2.05) is 20.8 Å². The number of ether oxygens (including phenoxy) is 1. The van der Waals surface area contributed by atoms with Gasteiger partial charge in [-0.05, 0) is 17.8 Å². The van der Waals surface area contributed by atoms with E-state index >= 15 is 0 Å². The van der Waals surface area contributed by atoms with Crippen LogP contribution < -0.4 is 0 Å². The van der Waals surface area contributed by atoms with E-state index in [-0.39, 0.29) is 30.5 Å². The lowest BCUT2D eigenvalue weighted by molar-refractivity contribution is -0.154. The molecule has 1 unspecified atom stereocenters. The first-order valence-corrected chi connectivity index (χ1v) is 5.56. The quantitative estimate of drug-likeness (QED) is 0.717. The van der Waals surface area contributed by atoms with E-state index in [9.17, 15) is 4.79 Å². The molecule has 90 valence electrons. The zero-order valence-electron chi connectivity index (χ0n) is 10.5. The maximum absolute atomic E-state index is 11.8. The van der Waals surface area contributed by atoms with Crippen LogP contribution in [0.1, 0.15) is 41.0 Å². The number of rotatable bonds is 5. The normalized spacial score (nSPS) is 14.1. The minimum atomic E-state index is -0.190. The maximum Gasteiger partial charge on any atom is 0.309 e. The van der Waals surface area contributed by atoms with Crippen LogP contribution in [0.25, 0.3) is 0 Å². The number of carbonyl (C=O) groups is 1. The first kappa shape index (κ1) is 14.4. The largest absolute Gasteiger partial charge is 0.463 e. The van der Waals surface area contributed by atoms with Gasteiger partial charge in [-0.2, -0.15) is 0 Å². The summed E-state index contributed by atoms with van der Waals surface area (Å²) in [6.07, 6.45) is 0.827. The van der Waals surface area contributed by atoms with Gasteiger partial charge >= 0.3 is 5.97 Å². The Hall–Kier alpha value is -0.570. The number of aliphatic hydroxyl groups excluding tert-OH is 1. The van der Waals surface area contributed by atoms with Gasteiger partial charge in [0.15, 0.2) is 0 Å². The summed E-state index contributed by atoms with van der Waals surface area (Å²) in [7, 11) is 0. The van der Waals surface area contributed by atoms with E-state index in [1.165, 1.54) is 0 Å². The van der Waals surface area contributed by atoms with Gasteiger partial charge in [-0.15, -0.1) is 0 Å². The lowest BCUT2D eigenvalue weighted by Gasteiger charge is -2.30. The van der Waals surface area contributed by atoms with Crippen molar-refractivity contribution in [2.24, 2.45) is 17.3 Å². The van der Waals surface area contributed by atoms with Gasteiger partial charge in [0, 0.05) is 0 Å². The van der Waals surface area contributed by atoms with Crippen LogP contribution in [-0.4, -0.2) is 24.3 Å². The third kappa shape index (κ3) is 5.78. The Morgan fingerprint density at radius 3 is 2.20 bits per heavy atom. The number of esters is 1. The van der Waals surface area contributed by atoms with Crippen LogP contribution >= 0.6 is 0 Å². The standard InChI is InChI=1S/C12H24O3/c1-9(2)8-10(12(3,4)5)11(14)15-7-6-13/h9-10,13H,6-8H2,1-5H3. The molecule has 3 nitrogen and oxygen atoms in total. The summed E-state index contributed by atoms with van der Waals surface area (Å²) in [5.41, 5.74) is -0.0865. The topological polar surface area (TPSA) is 46.5 Å². The highest BCUT2D eigenvalue weighted by molar-refractivity contribution is 5.73. The van der Waals surface area contributed by atoms with E-state index in [0.717, 1.165) is 6.42 Å². The van der Waals surface area contributed by atoms with Gasteiger partial charge in [0.25, 0.3) is 0 Å². The van der Waals surface area contributed by atoms with Gasteiger partial charge in [0.1, 0.15) is 6.61 Å². The van der Waals surface area contributed by atoms with Gasteiger partial charge in [-0.25, -0.2) is 0 Å². The molecule has 0 aromatic heterocycles. The third-order valence-electron chi connectivity index (χ3n) is 2.37. The average molecular weight is 216 g/mol. The fourth-order valence-electron chi connectivity index (χ4n) is 1.52. The molecule has 0 spiro atoms. The van der Waals surface area contributed by atoms with Crippen molar-refractivity contribution >= 4 is 5.97 Å². The first-order valence-electron chi connectivity index (χ1n) is 5.56. The molecule has 0 heterocycles. The van der Waals surface area contributed by atoms with E-state index in [1.54, 1.807) is 0 Å². The molecule has 0 bridgehead atoms. The number of hydrogen-bond donors (Lipinski definition) is 1. The predicted molar refractivity (Wildman–Crippen MR) is 60.4 cm³/mol. The summed E-state index contributed by atoms with van der Waals surface area (Å²) in [6, 6.07) is 0. The molecule has 0 fully saturated rings. The summed E-state index contributed by atoms with van der Waals surface area (Å²) in [6.45, 7) is 10.3. The molecular formula is C12H24O3. The molecule has 0 aliphatic heterocycles. The van der Waals surface area contributed by atoms with Crippen LogP contribution in [0.3, 0.4) is 0 Å². The fraction of sp³-hybridized carbons (Fsp3) is 0.917. The van der Waals surface area contributed by atoms with Crippen LogP contribution in [0.15, 0.2) is 0 Å². The Morgan fingerprint density at radius 2 is 1.87 bits per heavy atom. The molecule has 0 aromatic rings. The molecule has 3 heteroatoms. The Kier molecular flexibility index (Phi) is 5.88. The number of aliphatic hydroxyl groups is 1. The van der Waals surface area contributed by atoms with Crippen molar-refractivity contribution < 1.29 is 14.6 Å². The summed E-state index contributed by atoms with van der Waals surface area (Å²) in [5, 5.41) is 8.60. The SMILES string of the molecule is CC(C)CC(C(=O)OCCO)C(C)(C)C. The Labute approximate surface area is 92.8 Å². The molecule has 0 rings (SSSR count). The van der Waals surface area contributed by atoms with E-state index < -0.39 is 0 Å². The molecule has 0 saturated heterocycles. The molecular weight excluding hydrogens is 192 g/mol. The van der Waals surface area contributed by atoms with Gasteiger partial charge < -0.3 is 9.84 Å². The fourth-order valence-corrected chi connectivity index (χ4v) is 1.52. The smallest absolute Gasteiger partial charge is 0.309 e. The van der Waals surface area contributed by atoms with Crippen LogP contribution in [0.4, 0.5) is 0 Å². The summed E-state index contributed by atoms with van der Waals surface area (Å²) < 4.78 is 4.99. The van der Waals surface area contributed by atoms with Crippen LogP contribution in [-0.2, 0) is 9.53 Å². The average Bonchev–Trinajstić information content (AvgIpc) is 2.08. The monoisotopic (exact) mass is 216 g/mol. The minimum absolute atomic E-state index is 0.0865. The van der Waals surface area contributed by atoms with Crippen molar-refractivity contribution in [1.82, 2.24) is 0 Å². The highest BCUT2D eigenvalue weighted by atomic mass is 16.5. The third-order valence-corrected chi connectivity index (χ3v) is 2.37. The summed E-state index contributed by atoms with van der Waals surface area (Å²) in [5.74, 6) is 0.185. The predicted octanol–water partition coefficient (Wildman–Crippen LogP) is 2.23. The van der Waals surface area contributed by atoms with Crippen molar-refractivity contribution in [3.8, 4) is 0 Å². The highest BCUT2D eigenvalue weighted by Crippen LogP contribution is 2.32. The lowest BCUT2D eigenvalue weighted by Crippen LogP contribution is -2.32. The van der Waals surface area contributed by atoms with E-state index in [0.29, 0.717) is 5.92 Å². The van der Waals surface area contributed by atoms with Gasteiger partial charge in [0.05, 0.1) is 12.5 Å². The molecule has 15 heavy (non-hydrogen) atoms. The maximum atomic E-state index is 11.8. The Bertz CT molecular complexity index is 192. The van der Waals surface area contributed by atoms with Crippen molar-refractivity contribution in [3.05, 3.63) is 0 Å². The Balaban J connectivity index is 4.42. The molecule has 0 radical (unpaired) electrons. The zero-order chi connectivity index (χ0) is 12.1. The molecule has 1 N–H and O–H groups in total. The Morgan fingerprint density at radius 1 is 1.33 bits per heavy atom. The first-order chi connectivity index (χ1) is 6.79. The van der Waals surface area contributed by atoms with Crippen molar-refractivity contribution in [3.63, 3.8) is 0 Å². The molecule has 0 aromatic carbocycles. The molecule has 0 aliphatic carbocycles.